The molecule has 17 heavy (non-hydrogen) atoms. The summed E-state index contributed by atoms with van der Waals surface area (Å²) in [5.41, 5.74) is 4.26. The Kier molecular flexibility index (Phi) is 4.03. The number of nitrogens with one attached hydrogen (secondary N) is 1. The molecule has 0 amide bonds. The zero-order valence-electron chi connectivity index (χ0n) is 9.43. The van der Waals surface area contributed by atoms with Gasteiger partial charge in [0.25, 0.3) is 0 Å². The molecule has 1 aromatic rings. The van der Waals surface area contributed by atoms with Gasteiger partial charge in [-0.25, -0.2) is 15.2 Å². The first kappa shape index (κ1) is 12.0. The first-order valence-electron chi connectivity index (χ1n) is 5.50. The minimum atomic E-state index is -0.954. The maximum atomic E-state index is 10.6. The Morgan fingerprint density at radius 2 is 2.24 bits per heavy atom. The van der Waals surface area contributed by atoms with E-state index >= 15 is 0 Å². The minimum Gasteiger partial charge on any atom is -0.478 e. The van der Waals surface area contributed by atoms with Crippen LogP contribution in [0.3, 0.4) is 0 Å². The van der Waals surface area contributed by atoms with Gasteiger partial charge in [-0.3, -0.25) is 4.98 Å². The molecule has 1 aliphatic rings. The summed E-state index contributed by atoms with van der Waals surface area (Å²) < 4.78 is 5.23. The van der Waals surface area contributed by atoms with E-state index < -0.39 is 5.97 Å². The van der Waals surface area contributed by atoms with Crippen LogP contribution in [0.5, 0.6) is 0 Å². The second-order valence-corrected chi connectivity index (χ2v) is 3.78. The first-order chi connectivity index (χ1) is 8.25. The number of ether oxygens (including phenoxy) is 1. The summed E-state index contributed by atoms with van der Waals surface area (Å²) in [6.07, 6.45) is 1.37. The van der Waals surface area contributed by atoms with Gasteiger partial charge < -0.3 is 9.84 Å². The molecule has 0 atom stereocenters. The highest BCUT2D eigenvalue weighted by Crippen LogP contribution is 2.01. The maximum absolute atomic E-state index is 10.6. The molecule has 0 aliphatic carbocycles. The molecule has 1 aliphatic heterocycles. The molecule has 0 saturated carbocycles. The summed E-state index contributed by atoms with van der Waals surface area (Å²) in [6, 6.07) is 3.28. The smallest absolute Gasteiger partial charge is 0.337 e. The standard InChI is InChI=1S/C11H15N3O3/c15-11(16)9-1-2-10(12-7-9)8-13-14-3-5-17-6-4-14/h1-2,7,13H,3-6,8H2,(H,15,16). The van der Waals surface area contributed by atoms with Crippen LogP contribution in [0.25, 0.3) is 0 Å². The number of hydrogen-bond acceptors (Lipinski definition) is 5. The van der Waals surface area contributed by atoms with Gasteiger partial charge >= 0.3 is 5.97 Å². The van der Waals surface area contributed by atoms with E-state index in [1.807, 2.05) is 0 Å². The molecule has 1 aromatic heterocycles. The van der Waals surface area contributed by atoms with Gasteiger partial charge in [-0.1, -0.05) is 0 Å². The second kappa shape index (κ2) is 5.72. The molecule has 1 saturated heterocycles. The number of aromatic carboxylic acids is 1. The van der Waals surface area contributed by atoms with E-state index in [0.29, 0.717) is 6.54 Å². The Hall–Kier alpha value is -1.50. The predicted octanol–water partition coefficient (Wildman–Crippen LogP) is 0.117. The summed E-state index contributed by atoms with van der Waals surface area (Å²) in [5.74, 6) is -0.954. The normalized spacial score (nSPS) is 16.9. The molecule has 0 bridgehead atoms. The van der Waals surface area contributed by atoms with Crippen molar-refractivity contribution >= 4 is 5.97 Å². The number of carboxylic acid groups (broad SMARTS) is 1. The molecule has 0 radical (unpaired) electrons. The number of morpholine rings is 1. The zero-order valence-corrected chi connectivity index (χ0v) is 9.43. The van der Waals surface area contributed by atoms with Crippen molar-refractivity contribution in [1.82, 2.24) is 15.4 Å². The molecular weight excluding hydrogens is 222 g/mol. The number of carboxylic acids is 1. The molecule has 2 N–H and O–H groups in total. The van der Waals surface area contributed by atoms with Crippen LogP contribution in [0, 0.1) is 0 Å². The lowest BCUT2D eigenvalue weighted by Crippen LogP contribution is -2.45. The van der Waals surface area contributed by atoms with Gasteiger partial charge in [-0.05, 0) is 12.1 Å². The predicted molar refractivity (Wildman–Crippen MR) is 60.4 cm³/mol. The SMILES string of the molecule is O=C(O)c1ccc(CNN2CCOCC2)nc1. The average molecular weight is 237 g/mol. The van der Waals surface area contributed by atoms with Crippen LogP contribution in [-0.2, 0) is 11.3 Å². The molecule has 1 fully saturated rings. The van der Waals surface area contributed by atoms with Crippen LogP contribution >= 0.6 is 0 Å². The summed E-state index contributed by atoms with van der Waals surface area (Å²) in [7, 11) is 0. The zero-order chi connectivity index (χ0) is 12.1. The Bertz CT molecular complexity index is 374. The number of aromatic nitrogens is 1. The van der Waals surface area contributed by atoms with Crippen molar-refractivity contribution in [2.75, 3.05) is 26.3 Å². The second-order valence-electron chi connectivity index (χ2n) is 3.78. The van der Waals surface area contributed by atoms with Gasteiger partial charge in [0.05, 0.1) is 31.0 Å². The topological polar surface area (TPSA) is 74.7 Å². The fraction of sp³-hybridized carbons (Fsp3) is 0.455. The van der Waals surface area contributed by atoms with Gasteiger partial charge in [0.15, 0.2) is 0 Å². The Morgan fingerprint density at radius 1 is 1.47 bits per heavy atom. The Balaban J connectivity index is 1.84. The molecule has 0 aromatic carbocycles. The Labute approximate surface area is 99.2 Å². The van der Waals surface area contributed by atoms with E-state index in [0.717, 1.165) is 32.0 Å². The van der Waals surface area contributed by atoms with Crippen molar-refractivity contribution in [1.29, 1.82) is 0 Å². The summed E-state index contributed by atoms with van der Waals surface area (Å²) in [5, 5.41) is 10.8. The highest BCUT2D eigenvalue weighted by molar-refractivity contribution is 5.87. The number of rotatable bonds is 4. The van der Waals surface area contributed by atoms with E-state index in [4.69, 9.17) is 9.84 Å². The largest absolute Gasteiger partial charge is 0.478 e. The third-order valence-electron chi connectivity index (χ3n) is 2.57. The van der Waals surface area contributed by atoms with Gasteiger partial charge in [0.2, 0.25) is 0 Å². The van der Waals surface area contributed by atoms with Crippen LogP contribution in [0.2, 0.25) is 0 Å². The third-order valence-corrected chi connectivity index (χ3v) is 2.57. The average Bonchev–Trinajstić information content (AvgIpc) is 2.38. The van der Waals surface area contributed by atoms with E-state index in [1.165, 1.54) is 6.20 Å². The highest BCUT2D eigenvalue weighted by Gasteiger charge is 2.09. The van der Waals surface area contributed by atoms with E-state index in [2.05, 4.69) is 15.4 Å². The molecule has 6 nitrogen and oxygen atoms in total. The summed E-state index contributed by atoms with van der Waals surface area (Å²) in [4.78, 5) is 14.7. The fourth-order valence-corrected chi connectivity index (χ4v) is 1.57. The number of hydrazine groups is 1. The molecule has 6 heteroatoms. The van der Waals surface area contributed by atoms with Gasteiger partial charge in [0, 0.05) is 19.3 Å². The highest BCUT2D eigenvalue weighted by atomic mass is 16.5. The van der Waals surface area contributed by atoms with Crippen LogP contribution in [-0.4, -0.2) is 47.4 Å². The minimum absolute atomic E-state index is 0.208. The number of hydrogen-bond donors (Lipinski definition) is 2. The lowest BCUT2D eigenvalue weighted by atomic mass is 10.2. The van der Waals surface area contributed by atoms with Crippen molar-refractivity contribution in [3.63, 3.8) is 0 Å². The number of carbonyl (C=O) groups is 1. The maximum Gasteiger partial charge on any atom is 0.337 e. The van der Waals surface area contributed by atoms with Crippen LogP contribution < -0.4 is 5.43 Å². The van der Waals surface area contributed by atoms with Gasteiger partial charge in [-0.2, -0.15) is 0 Å². The monoisotopic (exact) mass is 237 g/mol. The summed E-state index contributed by atoms with van der Waals surface area (Å²) >= 11 is 0. The fourth-order valence-electron chi connectivity index (χ4n) is 1.57. The van der Waals surface area contributed by atoms with Gasteiger partial charge in [0.1, 0.15) is 0 Å². The van der Waals surface area contributed by atoms with E-state index in [-0.39, 0.29) is 5.56 Å². The third kappa shape index (κ3) is 3.48. The quantitative estimate of drug-likeness (QED) is 0.774. The molecule has 2 heterocycles. The Morgan fingerprint density at radius 3 is 2.82 bits per heavy atom. The van der Waals surface area contributed by atoms with Crippen molar-refractivity contribution in [3.8, 4) is 0 Å². The van der Waals surface area contributed by atoms with Crippen molar-refractivity contribution in [2.24, 2.45) is 0 Å². The van der Waals surface area contributed by atoms with Crippen molar-refractivity contribution < 1.29 is 14.6 Å². The van der Waals surface area contributed by atoms with Crippen molar-refractivity contribution in [2.45, 2.75) is 6.54 Å². The molecule has 2 rings (SSSR count). The molecule has 92 valence electrons. The van der Waals surface area contributed by atoms with Gasteiger partial charge in [-0.15, -0.1) is 0 Å². The molecule has 0 spiro atoms. The lowest BCUT2D eigenvalue weighted by Gasteiger charge is -2.27. The lowest BCUT2D eigenvalue weighted by molar-refractivity contribution is 0.0103. The summed E-state index contributed by atoms with van der Waals surface area (Å²) in [6.45, 7) is 3.77. The number of nitrogens with zero attached hydrogens (tertiary/aromatic N) is 2. The van der Waals surface area contributed by atoms with Crippen LogP contribution in [0.15, 0.2) is 18.3 Å². The van der Waals surface area contributed by atoms with E-state index in [1.54, 1.807) is 12.1 Å². The van der Waals surface area contributed by atoms with E-state index in [9.17, 15) is 4.79 Å². The number of pyridine rings is 1. The van der Waals surface area contributed by atoms with Crippen molar-refractivity contribution in [3.05, 3.63) is 29.6 Å². The van der Waals surface area contributed by atoms with Crippen LogP contribution in [0.4, 0.5) is 0 Å². The van der Waals surface area contributed by atoms with Crippen LogP contribution in [0.1, 0.15) is 16.1 Å². The molecule has 0 unspecified atom stereocenters. The molecular formula is C11H15N3O3. The first-order valence-corrected chi connectivity index (χ1v) is 5.50.